The lowest BCUT2D eigenvalue weighted by Gasteiger charge is -2.02. The number of aromatic nitrogens is 2. The molecule has 28 heavy (non-hydrogen) atoms. The van der Waals surface area contributed by atoms with E-state index >= 15 is 0 Å². The number of urea groups is 1. The topological polar surface area (TPSA) is 66.9 Å². The molecule has 0 radical (unpaired) electrons. The second-order valence-electron chi connectivity index (χ2n) is 5.61. The van der Waals surface area contributed by atoms with Gasteiger partial charge in [0.25, 0.3) is 0 Å². The minimum atomic E-state index is -0.417. The summed E-state index contributed by atoms with van der Waals surface area (Å²) in [6.45, 7) is 0. The van der Waals surface area contributed by atoms with Crippen LogP contribution in [0, 0.1) is 0 Å². The maximum atomic E-state index is 12.3. The van der Waals surface area contributed by atoms with Gasteiger partial charge in [-0.1, -0.05) is 59.6 Å². The fourth-order valence-corrected chi connectivity index (χ4v) is 4.35. The van der Waals surface area contributed by atoms with Crippen LogP contribution in [0.25, 0.3) is 22.5 Å². The molecule has 0 aliphatic rings. The van der Waals surface area contributed by atoms with E-state index in [1.54, 1.807) is 12.1 Å². The van der Waals surface area contributed by atoms with Gasteiger partial charge in [0.15, 0.2) is 10.3 Å². The van der Waals surface area contributed by atoms with Crippen molar-refractivity contribution in [3.05, 3.63) is 69.3 Å². The van der Waals surface area contributed by atoms with E-state index in [1.807, 2.05) is 47.2 Å². The number of carbonyl (C=O) groups excluding carboxylic acids is 1. The molecule has 0 saturated heterocycles. The fraction of sp³-hybridized carbons (Fsp3) is 0. The van der Waals surface area contributed by atoms with Crippen LogP contribution in [-0.4, -0.2) is 16.0 Å². The number of anilines is 2. The highest BCUT2D eigenvalue weighted by Crippen LogP contribution is 2.31. The normalized spacial score (nSPS) is 10.6. The van der Waals surface area contributed by atoms with Gasteiger partial charge in [-0.05, 0) is 12.1 Å². The number of nitrogens with zero attached hydrogens (tertiary/aromatic N) is 2. The molecule has 2 amide bonds. The molecule has 0 atom stereocenters. The zero-order valence-corrected chi connectivity index (χ0v) is 17.3. The van der Waals surface area contributed by atoms with Crippen molar-refractivity contribution in [2.75, 3.05) is 10.6 Å². The number of rotatable bonds is 4. The monoisotopic (exact) mass is 446 g/mol. The number of nitrogens with one attached hydrogen (secondary N) is 2. The lowest BCUT2D eigenvalue weighted by atomic mass is 10.2. The van der Waals surface area contributed by atoms with Crippen molar-refractivity contribution >= 4 is 62.2 Å². The third-order valence-electron chi connectivity index (χ3n) is 3.75. The van der Waals surface area contributed by atoms with Crippen LogP contribution in [-0.2, 0) is 0 Å². The molecule has 0 aliphatic heterocycles. The summed E-state index contributed by atoms with van der Waals surface area (Å²) in [5, 5.41) is 11.3. The molecule has 4 aromatic rings. The van der Waals surface area contributed by atoms with Crippen LogP contribution in [0.15, 0.2) is 59.3 Å². The average Bonchev–Trinajstić information content (AvgIpc) is 3.32. The Morgan fingerprint density at radius 1 is 0.750 bits per heavy atom. The van der Waals surface area contributed by atoms with E-state index in [1.165, 1.54) is 22.7 Å². The van der Waals surface area contributed by atoms with E-state index in [2.05, 4.69) is 20.6 Å². The molecule has 2 aromatic heterocycles. The molecule has 0 unspecified atom stereocenters. The minimum Gasteiger partial charge on any atom is -0.283 e. The highest BCUT2D eigenvalue weighted by Gasteiger charge is 2.13. The van der Waals surface area contributed by atoms with Crippen LogP contribution in [0.2, 0.25) is 10.0 Å². The van der Waals surface area contributed by atoms with Gasteiger partial charge in [0.2, 0.25) is 0 Å². The van der Waals surface area contributed by atoms with Crippen molar-refractivity contribution in [2.45, 2.75) is 0 Å². The maximum Gasteiger partial charge on any atom is 0.327 e. The van der Waals surface area contributed by atoms with Gasteiger partial charge >= 0.3 is 6.03 Å². The highest BCUT2D eigenvalue weighted by molar-refractivity contribution is 7.14. The minimum absolute atomic E-state index is 0.417. The first-order valence-electron chi connectivity index (χ1n) is 8.09. The maximum absolute atomic E-state index is 12.3. The Kier molecular flexibility index (Phi) is 5.59. The molecule has 9 heteroatoms. The molecule has 140 valence electrons. The Hall–Kier alpha value is -2.45. The van der Waals surface area contributed by atoms with Crippen LogP contribution in [0.4, 0.5) is 15.1 Å². The Morgan fingerprint density at radius 2 is 1.18 bits per heavy atom. The van der Waals surface area contributed by atoms with Gasteiger partial charge in [0.05, 0.1) is 11.4 Å². The molecule has 0 spiro atoms. The number of carbonyl (C=O) groups is 1. The van der Waals surface area contributed by atoms with Crippen LogP contribution in [0.5, 0.6) is 0 Å². The standard InChI is InChI=1S/C19H12Cl2N4OS2/c20-13-7-3-1-5-11(13)15-9-27-18(22-15)24-17(26)25-19-23-16(10-28-19)12-6-2-4-8-14(12)21/h1-10H,(H2,22,23,24,25,26). The molecule has 2 N–H and O–H groups in total. The second-order valence-corrected chi connectivity index (χ2v) is 8.15. The third kappa shape index (κ3) is 4.18. The van der Waals surface area contributed by atoms with E-state index in [9.17, 15) is 4.79 Å². The predicted octanol–water partition coefficient (Wildman–Crippen LogP) is 6.88. The summed E-state index contributed by atoms with van der Waals surface area (Å²) < 4.78 is 0. The molecule has 4 rings (SSSR count). The Labute approximate surface area is 179 Å². The van der Waals surface area contributed by atoms with Gasteiger partial charge in [0.1, 0.15) is 0 Å². The van der Waals surface area contributed by atoms with Crippen molar-refractivity contribution in [3.8, 4) is 22.5 Å². The number of hydrogen-bond acceptors (Lipinski definition) is 5. The van der Waals surface area contributed by atoms with Crippen molar-refractivity contribution in [1.82, 2.24) is 9.97 Å². The Balaban J connectivity index is 1.43. The SMILES string of the molecule is O=C(Nc1nc(-c2ccccc2Cl)cs1)Nc1nc(-c2ccccc2Cl)cs1. The first-order chi connectivity index (χ1) is 13.6. The summed E-state index contributed by atoms with van der Waals surface area (Å²) in [7, 11) is 0. The van der Waals surface area contributed by atoms with Gasteiger partial charge in [0, 0.05) is 31.9 Å². The number of benzene rings is 2. The average molecular weight is 447 g/mol. The largest absolute Gasteiger partial charge is 0.327 e. The van der Waals surface area contributed by atoms with E-state index in [4.69, 9.17) is 23.2 Å². The lowest BCUT2D eigenvalue weighted by Crippen LogP contribution is -2.19. The van der Waals surface area contributed by atoms with Crippen molar-refractivity contribution in [3.63, 3.8) is 0 Å². The Morgan fingerprint density at radius 3 is 1.61 bits per heavy atom. The van der Waals surface area contributed by atoms with Crippen molar-refractivity contribution in [2.24, 2.45) is 0 Å². The smallest absolute Gasteiger partial charge is 0.283 e. The van der Waals surface area contributed by atoms with Gasteiger partial charge in [-0.2, -0.15) is 0 Å². The van der Waals surface area contributed by atoms with Crippen LogP contribution in [0.1, 0.15) is 0 Å². The summed E-state index contributed by atoms with van der Waals surface area (Å²) in [6, 6.07) is 14.4. The molecular formula is C19H12Cl2N4OS2. The summed E-state index contributed by atoms with van der Waals surface area (Å²) in [5.41, 5.74) is 3.05. The van der Waals surface area contributed by atoms with Crippen molar-refractivity contribution < 1.29 is 4.79 Å². The van der Waals surface area contributed by atoms with E-state index in [-0.39, 0.29) is 0 Å². The molecule has 0 aliphatic carbocycles. The second kappa shape index (κ2) is 8.28. The quantitative estimate of drug-likeness (QED) is 0.358. The third-order valence-corrected chi connectivity index (χ3v) is 5.92. The molecule has 2 heterocycles. The summed E-state index contributed by atoms with van der Waals surface area (Å²) in [5.74, 6) is 0. The number of amides is 2. The van der Waals surface area contributed by atoms with E-state index in [0.717, 1.165) is 11.1 Å². The molecule has 0 bridgehead atoms. The molecule has 0 saturated carbocycles. The summed E-state index contributed by atoms with van der Waals surface area (Å²) in [4.78, 5) is 21.1. The van der Waals surface area contributed by atoms with Gasteiger partial charge in [-0.15, -0.1) is 22.7 Å². The van der Waals surface area contributed by atoms with E-state index < -0.39 is 6.03 Å². The Bertz CT molecular complexity index is 1050. The zero-order valence-electron chi connectivity index (χ0n) is 14.1. The lowest BCUT2D eigenvalue weighted by molar-refractivity contribution is 0.262. The molecule has 2 aromatic carbocycles. The highest BCUT2D eigenvalue weighted by atomic mass is 35.5. The van der Waals surface area contributed by atoms with Crippen LogP contribution < -0.4 is 10.6 Å². The first kappa shape index (κ1) is 18.9. The van der Waals surface area contributed by atoms with Crippen molar-refractivity contribution in [1.29, 1.82) is 0 Å². The van der Waals surface area contributed by atoms with Gasteiger partial charge in [-0.3, -0.25) is 10.6 Å². The van der Waals surface area contributed by atoms with Gasteiger partial charge < -0.3 is 0 Å². The first-order valence-corrected chi connectivity index (χ1v) is 10.6. The fourth-order valence-electron chi connectivity index (χ4n) is 2.47. The molecular weight excluding hydrogens is 435 g/mol. The van der Waals surface area contributed by atoms with Crippen LogP contribution in [0.3, 0.4) is 0 Å². The number of hydrogen-bond donors (Lipinski definition) is 2. The zero-order chi connectivity index (χ0) is 19.5. The predicted molar refractivity (Wildman–Crippen MR) is 118 cm³/mol. The van der Waals surface area contributed by atoms with E-state index in [0.29, 0.717) is 31.7 Å². The summed E-state index contributed by atoms with van der Waals surface area (Å²) >= 11 is 15.0. The van der Waals surface area contributed by atoms with Gasteiger partial charge in [-0.25, -0.2) is 14.8 Å². The summed E-state index contributed by atoms with van der Waals surface area (Å²) in [6.07, 6.45) is 0. The van der Waals surface area contributed by atoms with Crippen LogP contribution >= 0.6 is 45.9 Å². The number of halogens is 2. The molecule has 5 nitrogen and oxygen atoms in total. The molecule has 0 fully saturated rings. The number of thiazole rings is 2.